The molecule has 0 bridgehead atoms. The molecule has 90 valence electrons. The third-order valence-electron chi connectivity index (χ3n) is 2.41. The molecular formula is C8H10F6Te. The van der Waals surface area contributed by atoms with E-state index in [1.165, 1.54) is 0 Å². The van der Waals surface area contributed by atoms with Gasteiger partial charge in [0.1, 0.15) is 0 Å². The summed E-state index contributed by atoms with van der Waals surface area (Å²) in [6.45, 7) is 0. The Hall–Kier alpha value is 0.370. The molecule has 0 radical (unpaired) electrons. The molecule has 1 rings (SSSR count). The normalized spacial score (nSPS) is 29.2. The van der Waals surface area contributed by atoms with Gasteiger partial charge >= 0.3 is 93.2 Å². The molecule has 7 heteroatoms. The van der Waals surface area contributed by atoms with E-state index in [4.69, 9.17) is 0 Å². The van der Waals surface area contributed by atoms with E-state index in [2.05, 4.69) is 0 Å². The topological polar surface area (TPSA) is 0 Å². The van der Waals surface area contributed by atoms with Crippen molar-refractivity contribution in [1.29, 1.82) is 0 Å². The van der Waals surface area contributed by atoms with Crippen LogP contribution in [0.4, 0.5) is 26.3 Å². The van der Waals surface area contributed by atoms with Crippen molar-refractivity contribution >= 4 is 20.9 Å². The standard InChI is InChI=1S/C8H10F6Te/c9-7(10,11)5-3-1-2-4-6(5)15-8(12,13)14/h5-6H,1-4H2. The molecule has 0 aromatic carbocycles. The monoisotopic (exact) mass is 350 g/mol. The van der Waals surface area contributed by atoms with E-state index in [9.17, 15) is 26.3 Å². The molecular weight excluding hydrogens is 338 g/mol. The van der Waals surface area contributed by atoms with E-state index < -0.39 is 41.2 Å². The fourth-order valence-corrected chi connectivity index (χ4v) is 4.87. The molecule has 1 fully saturated rings. The van der Waals surface area contributed by atoms with Crippen molar-refractivity contribution in [3.63, 3.8) is 0 Å². The van der Waals surface area contributed by atoms with Crippen LogP contribution in [0.1, 0.15) is 25.7 Å². The Morgan fingerprint density at radius 1 is 0.867 bits per heavy atom. The second-order valence-corrected chi connectivity index (χ2v) is 7.26. The van der Waals surface area contributed by atoms with Gasteiger partial charge in [0.05, 0.1) is 0 Å². The van der Waals surface area contributed by atoms with Crippen molar-refractivity contribution in [2.75, 3.05) is 0 Å². The van der Waals surface area contributed by atoms with Crippen molar-refractivity contribution in [1.82, 2.24) is 0 Å². The summed E-state index contributed by atoms with van der Waals surface area (Å²) in [4.78, 5) is 0. The maximum atomic E-state index is 12.4. The molecule has 1 saturated carbocycles. The molecule has 0 aromatic rings. The fraction of sp³-hybridized carbons (Fsp3) is 1.00. The van der Waals surface area contributed by atoms with E-state index in [1.807, 2.05) is 0 Å². The predicted molar refractivity (Wildman–Crippen MR) is 43.6 cm³/mol. The Morgan fingerprint density at radius 3 is 1.87 bits per heavy atom. The summed E-state index contributed by atoms with van der Waals surface area (Å²) in [5.74, 6) is -1.71. The van der Waals surface area contributed by atoms with Gasteiger partial charge < -0.3 is 0 Å². The van der Waals surface area contributed by atoms with Crippen molar-refractivity contribution < 1.29 is 26.3 Å². The Labute approximate surface area is 93.5 Å². The minimum atomic E-state index is -4.46. The fourth-order valence-electron chi connectivity index (χ4n) is 1.78. The van der Waals surface area contributed by atoms with Crippen molar-refractivity contribution in [2.45, 2.75) is 40.0 Å². The van der Waals surface area contributed by atoms with E-state index in [0.717, 1.165) is 0 Å². The van der Waals surface area contributed by atoms with Crippen LogP contribution >= 0.6 is 0 Å². The molecule has 2 atom stereocenters. The maximum absolute atomic E-state index is 12.4. The molecule has 0 N–H and O–H groups in total. The van der Waals surface area contributed by atoms with Crippen LogP contribution in [0.2, 0.25) is 3.97 Å². The Bertz CT molecular complexity index is 208. The number of hydrogen-bond acceptors (Lipinski definition) is 0. The first kappa shape index (κ1) is 13.4. The summed E-state index contributed by atoms with van der Waals surface area (Å²) in [5.41, 5.74) is 0. The van der Waals surface area contributed by atoms with Crippen LogP contribution in [0.25, 0.3) is 0 Å². The molecule has 1 aliphatic carbocycles. The van der Waals surface area contributed by atoms with Gasteiger partial charge in [0.15, 0.2) is 0 Å². The third kappa shape index (κ3) is 4.39. The number of alkyl halides is 6. The van der Waals surface area contributed by atoms with Gasteiger partial charge in [0.25, 0.3) is 0 Å². The van der Waals surface area contributed by atoms with Gasteiger partial charge in [-0.2, -0.15) is 0 Å². The van der Waals surface area contributed by atoms with E-state index in [-0.39, 0.29) is 12.8 Å². The number of halogens is 6. The Kier molecular flexibility index (Phi) is 4.21. The molecule has 0 aromatic heterocycles. The Balaban J connectivity index is 2.66. The third-order valence-corrected chi connectivity index (χ3v) is 5.65. The van der Waals surface area contributed by atoms with Gasteiger partial charge in [-0.05, 0) is 0 Å². The van der Waals surface area contributed by atoms with Gasteiger partial charge in [0.2, 0.25) is 0 Å². The molecule has 0 saturated heterocycles. The van der Waals surface area contributed by atoms with Gasteiger partial charge in [-0.3, -0.25) is 0 Å². The van der Waals surface area contributed by atoms with Crippen LogP contribution < -0.4 is 0 Å². The summed E-state index contributed by atoms with van der Waals surface area (Å²) in [6, 6.07) is 0. The SMILES string of the molecule is FC(F)(F)[Te]C1CCCCC1C(F)(F)F. The second kappa shape index (κ2) is 4.70. The molecule has 0 spiro atoms. The quantitative estimate of drug-likeness (QED) is 0.500. The number of hydrogen-bond donors (Lipinski definition) is 0. The molecule has 15 heavy (non-hydrogen) atoms. The minimum absolute atomic E-state index is 0.0892. The van der Waals surface area contributed by atoms with Crippen LogP contribution in [0, 0.1) is 5.92 Å². The van der Waals surface area contributed by atoms with E-state index in [0.29, 0.717) is 12.8 Å². The summed E-state index contributed by atoms with van der Waals surface area (Å²) < 4.78 is 68.0. The summed E-state index contributed by atoms with van der Waals surface area (Å²) >= 11 is -2.56. The first-order valence-corrected chi connectivity index (χ1v) is 7.02. The van der Waals surface area contributed by atoms with E-state index >= 15 is 0 Å². The average Bonchev–Trinajstić information content (AvgIpc) is 1.99. The first-order chi connectivity index (χ1) is 6.70. The summed E-state index contributed by atoms with van der Waals surface area (Å²) in [7, 11) is 0. The van der Waals surface area contributed by atoms with Crippen molar-refractivity contribution in [2.24, 2.45) is 5.92 Å². The molecule has 0 nitrogen and oxygen atoms in total. The molecule has 1 aliphatic rings. The van der Waals surface area contributed by atoms with E-state index in [1.54, 1.807) is 0 Å². The van der Waals surface area contributed by atoms with Gasteiger partial charge in [0, 0.05) is 0 Å². The number of rotatable bonds is 1. The predicted octanol–water partition coefficient (Wildman–Crippen LogP) is 3.75. The van der Waals surface area contributed by atoms with Gasteiger partial charge in [-0.25, -0.2) is 0 Å². The summed E-state index contributed by atoms with van der Waals surface area (Å²) in [5, 5.41) is 0. The van der Waals surface area contributed by atoms with Crippen LogP contribution in [-0.4, -0.2) is 31.3 Å². The molecule has 0 amide bonds. The average molecular weight is 348 g/mol. The van der Waals surface area contributed by atoms with Crippen LogP contribution in [0.3, 0.4) is 0 Å². The molecule has 0 heterocycles. The van der Waals surface area contributed by atoms with Crippen LogP contribution in [0.5, 0.6) is 0 Å². The van der Waals surface area contributed by atoms with Crippen LogP contribution in [-0.2, 0) is 0 Å². The van der Waals surface area contributed by atoms with Crippen molar-refractivity contribution in [3.05, 3.63) is 0 Å². The molecule has 0 aliphatic heterocycles. The summed E-state index contributed by atoms with van der Waals surface area (Å²) in [6.07, 6.45) is -3.61. The van der Waals surface area contributed by atoms with Crippen molar-refractivity contribution in [3.8, 4) is 0 Å². The van der Waals surface area contributed by atoms with Gasteiger partial charge in [-0.15, -0.1) is 0 Å². The molecule has 2 unspecified atom stereocenters. The Morgan fingerprint density at radius 2 is 1.40 bits per heavy atom. The van der Waals surface area contributed by atoms with Crippen LogP contribution in [0.15, 0.2) is 0 Å². The second-order valence-electron chi connectivity index (χ2n) is 3.53. The zero-order valence-electron chi connectivity index (χ0n) is 7.66. The first-order valence-electron chi connectivity index (χ1n) is 4.51. The zero-order valence-corrected chi connectivity index (χ0v) is 9.99. The van der Waals surface area contributed by atoms with Gasteiger partial charge in [-0.1, -0.05) is 0 Å². The zero-order chi connectivity index (χ0) is 11.7.